The van der Waals surface area contributed by atoms with Crippen LogP contribution in [0.3, 0.4) is 0 Å². The van der Waals surface area contributed by atoms with E-state index in [0.29, 0.717) is 13.1 Å². The van der Waals surface area contributed by atoms with Crippen LogP contribution in [0.15, 0.2) is 30.3 Å². The van der Waals surface area contributed by atoms with Gasteiger partial charge in [0.25, 0.3) is 0 Å². The van der Waals surface area contributed by atoms with Crippen LogP contribution in [-0.4, -0.2) is 26.2 Å². The van der Waals surface area contributed by atoms with Gasteiger partial charge in [-0.2, -0.15) is 0 Å². The first-order chi connectivity index (χ1) is 8.68. The maximum Gasteiger partial charge on any atom is 0.314 e. The molecule has 0 unspecified atom stereocenters. The number of amides is 2. The van der Waals surface area contributed by atoms with Gasteiger partial charge < -0.3 is 15.4 Å². The van der Waals surface area contributed by atoms with Crippen LogP contribution >= 0.6 is 0 Å². The molecule has 0 aliphatic carbocycles. The van der Waals surface area contributed by atoms with Crippen LogP contribution in [0.2, 0.25) is 0 Å². The Balaban J connectivity index is 2.78. The summed E-state index contributed by atoms with van der Waals surface area (Å²) in [5, 5.41) is 5.56. The van der Waals surface area contributed by atoms with Gasteiger partial charge in [-0.1, -0.05) is 37.3 Å². The normalized spacial score (nSPS) is 13.7. The van der Waals surface area contributed by atoms with E-state index in [1.807, 2.05) is 37.3 Å². The van der Waals surface area contributed by atoms with E-state index in [0.717, 1.165) is 12.0 Å². The highest BCUT2D eigenvalue weighted by Crippen LogP contribution is 2.27. The van der Waals surface area contributed by atoms with Crippen LogP contribution in [0.1, 0.15) is 25.8 Å². The minimum absolute atomic E-state index is 0.164. The molecule has 2 N–H and O–H groups in total. The van der Waals surface area contributed by atoms with Gasteiger partial charge in [0.2, 0.25) is 0 Å². The van der Waals surface area contributed by atoms with E-state index in [4.69, 9.17) is 4.74 Å². The first-order valence-electron chi connectivity index (χ1n) is 6.31. The van der Waals surface area contributed by atoms with Gasteiger partial charge in [0.05, 0.1) is 6.54 Å². The van der Waals surface area contributed by atoms with E-state index in [-0.39, 0.29) is 6.03 Å². The molecule has 18 heavy (non-hydrogen) atoms. The Labute approximate surface area is 109 Å². The third-order valence-electron chi connectivity index (χ3n) is 3.13. The lowest BCUT2D eigenvalue weighted by atomic mass is 9.91. The van der Waals surface area contributed by atoms with E-state index in [9.17, 15) is 4.79 Å². The number of carbonyl (C=O) groups is 1. The minimum atomic E-state index is -0.466. The van der Waals surface area contributed by atoms with Crippen LogP contribution in [0, 0.1) is 0 Å². The number of hydrogen-bond donors (Lipinski definition) is 2. The Morgan fingerprint density at radius 1 is 1.22 bits per heavy atom. The molecular weight excluding hydrogens is 228 g/mol. The zero-order valence-corrected chi connectivity index (χ0v) is 11.3. The number of rotatable bonds is 6. The van der Waals surface area contributed by atoms with E-state index in [1.165, 1.54) is 0 Å². The first kappa shape index (κ1) is 14.5. The SMILES string of the molecule is CCNC(=O)NC[C@](CC)(OC)c1ccccc1. The fourth-order valence-corrected chi connectivity index (χ4v) is 1.95. The molecule has 0 aliphatic heterocycles. The second kappa shape index (κ2) is 7.01. The largest absolute Gasteiger partial charge is 0.372 e. The quantitative estimate of drug-likeness (QED) is 0.813. The number of benzene rings is 1. The van der Waals surface area contributed by atoms with Crippen LogP contribution in [0.25, 0.3) is 0 Å². The predicted molar refractivity (Wildman–Crippen MR) is 72.5 cm³/mol. The summed E-state index contributed by atoms with van der Waals surface area (Å²) in [6, 6.07) is 9.80. The fraction of sp³-hybridized carbons (Fsp3) is 0.500. The summed E-state index contributed by atoms with van der Waals surface area (Å²) < 4.78 is 5.66. The lowest BCUT2D eigenvalue weighted by Crippen LogP contribution is -2.45. The molecule has 1 aromatic rings. The molecule has 0 bridgehead atoms. The lowest BCUT2D eigenvalue weighted by Gasteiger charge is -2.32. The first-order valence-corrected chi connectivity index (χ1v) is 6.31. The van der Waals surface area contributed by atoms with Crippen molar-refractivity contribution in [3.05, 3.63) is 35.9 Å². The zero-order valence-electron chi connectivity index (χ0n) is 11.3. The molecule has 4 heteroatoms. The summed E-state index contributed by atoms with van der Waals surface area (Å²) in [5.41, 5.74) is 0.610. The Hall–Kier alpha value is -1.55. The minimum Gasteiger partial charge on any atom is -0.372 e. The molecule has 1 atom stereocenters. The van der Waals surface area contributed by atoms with Gasteiger partial charge in [0.15, 0.2) is 0 Å². The fourth-order valence-electron chi connectivity index (χ4n) is 1.95. The molecule has 4 nitrogen and oxygen atoms in total. The predicted octanol–water partition coefficient (Wildman–Crippen LogP) is 2.26. The molecule has 0 spiro atoms. The lowest BCUT2D eigenvalue weighted by molar-refractivity contribution is -0.0152. The van der Waals surface area contributed by atoms with Gasteiger partial charge in [0.1, 0.15) is 5.60 Å². The summed E-state index contributed by atoms with van der Waals surface area (Å²) >= 11 is 0. The van der Waals surface area contributed by atoms with E-state index >= 15 is 0 Å². The molecule has 100 valence electrons. The van der Waals surface area contributed by atoms with Crippen molar-refractivity contribution in [2.24, 2.45) is 0 Å². The highest BCUT2D eigenvalue weighted by molar-refractivity contribution is 5.73. The smallest absolute Gasteiger partial charge is 0.314 e. The van der Waals surface area contributed by atoms with Crippen LogP contribution in [0.4, 0.5) is 4.79 Å². The number of methoxy groups -OCH3 is 1. The van der Waals surface area contributed by atoms with Crippen molar-refractivity contribution < 1.29 is 9.53 Å². The maximum absolute atomic E-state index is 11.5. The molecule has 0 aromatic heterocycles. The maximum atomic E-state index is 11.5. The Kier molecular flexibility index (Phi) is 5.65. The second-order valence-corrected chi connectivity index (χ2v) is 4.13. The van der Waals surface area contributed by atoms with Crippen molar-refractivity contribution in [1.29, 1.82) is 0 Å². The van der Waals surface area contributed by atoms with E-state index < -0.39 is 5.60 Å². The number of nitrogens with one attached hydrogen (secondary N) is 2. The van der Waals surface area contributed by atoms with Crippen molar-refractivity contribution in [2.45, 2.75) is 25.9 Å². The molecule has 2 amide bonds. The molecular formula is C14H22N2O2. The highest BCUT2D eigenvalue weighted by Gasteiger charge is 2.30. The second-order valence-electron chi connectivity index (χ2n) is 4.13. The van der Waals surface area contributed by atoms with Crippen molar-refractivity contribution in [1.82, 2.24) is 10.6 Å². The average Bonchev–Trinajstić information content (AvgIpc) is 2.42. The van der Waals surface area contributed by atoms with Gasteiger partial charge in [-0.25, -0.2) is 4.79 Å². The molecule has 0 fully saturated rings. The van der Waals surface area contributed by atoms with E-state index in [2.05, 4.69) is 17.6 Å². The molecule has 1 aromatic carbocycles. The van der Waals surface area contributed by atoms with E-state index in [1.54, 1.807) is 7.11 Å². The topological polar surface area (TPSA) is 50.4 Å². The molecule has 0 aliphatic rings. The monoisotopic (exact) mass is 250 g/mol. The summed E-state index contributed by atoms with van der Waals surface area (Å²) in [4.78, 5) is 11.5. The highest BCUT2D eigenvalue weighted by atomic mass is 16.5. The number of urea groups is 1. The number of carbonyl (C=O) groups excluding carboxylic acids is 1. The zero-order chi connectivity index (χ0) is 13.4. The summed E-state index contributed by atoms with van der Waals surface area (Å²) in [5.74, 6) is 0. The molecule has 0 heterocycles. The van der Waals surface area contributed by atoms with Gasteiger partial charge in [-0.3, -0.25) is 0 Å². The van der Waals surface area contributed by atoms with Gasteiger partial charge in [-0.15, -0.1) is 0 Å². The molecule has 0 saturated carbocycles. The number of hydrogen-bond acceptors (Lipinski definition) is 2. The summed E-state index contributed by atoms with van der Waals surface area (Å²) in [7, 11) is 1.68. The molecule has 0 saturated heterocycles. The summed E-state index contributed by atoms with van der Waals surface area (Å²) in [6.45, 7) is 5.01. The Bertz CT molecular complexity index is 361. The van der Waals surface area contributed by atoms with Gasteiger partial charge in [0, 0.05) is 13.7 Å². The average molecular weight is 250 g/mol. The van der Waals surface area contributed by atoms with Crippen molar-refractivity contribution in [2.75, 3.05) is 20.2 Å². The van der Waals surface area contributed by atoms with Crippen LogP contribution in [0.5, 0.6) is 0 Å². The van der Waals surface area contributed by atoms with Gasteiger partial charge in [-0.05, 0) is 18.9 Å². The third-order valence-corrected chi connectivity index (χ3v) is 3.13. The van der Waals surface area contributed by atoms with Crippen LogP contribution in [-0.2, 0) is 10.3 Å². The van der Waals surface area contributed by atoms with Gasteiger partial charge >= 0.3 is 6.03 Å². The summed E-state index contributed by atoms with van der Waals surface area (Å²) in [6.07, 6.45) is 0.792. The Morgan fingerprint density at radius 3 is 2.39 bits per heavy atom. The van der Waals surface area contributed by atoms with Crippen molar-refractivity contribution in [3.63, 3.8) is 0 Å². The Morgan fingerprint density at radius 2 is 1.89 bits per heavy atom. The molecule has 1 rings (SSSR count). The van der Waals surface area contributed by atoms with Crippen molar-refractivity contribution >= 4 is 6.03 Å². The standard InChI is InChI=1S/C14H22N2O2/c1-4-14(18-3,11-16-13(17)15-5-2)12-9-7-6-8-10-12/h6-10H,4-5,11H2,1-3H3,(H2,15,16,17)/t14-/m0/s1. The van der Waals surface area contributed by atoms with Crippen LogP contribution < -0.4 is 10.6 Å². The number of ether oxygens (including phenoxy) is 1. The van der Waals surface area contributed by atoms with Crippen molar-refractivity contribution in [3.8, 4) is 0 Å². The third kappa shape index (κ3) is 3.47. The molecule has 0 radical (unpaired) electrons.